The van der Waals surface area contributed by atoms with Gasteiger partial charge in [0.15, 0.2) is 0 Å². The third-order valence-electron chi connectivity index (χ3n) is 2.92. The maximum absolute atomic E-state index is 10.9. The standard InChI is InChI=1S/C12H10BrN3O4/c1-19-9-2-6(13)3-10-11(9)8(5-16(17)18)7(4-14)12(15)20-10/h2-3,8H,5,15H2,1H3. The summed E-state index contributed by atoms with van der Waals surface area (Å²) in [7, 11) is 1.44. The average Bonchev–Trinajstić information content (AvgIpc) is 2.36. The zero-order valence-electron chi connectivity index (χ0n) is 10.4. The Morgan fingerprint density at radius 3 is 2.90 bits per heavy atom. The van der Waals surface area contributed by atoms with Crippen molar-refractivity contribution in [2.45, 2.75) is 5.92 Å². The van der Waals surface area contributed by atoms with E-state index in [1.807, 2.05) is 6.07 Å². The predicted molar refractivity (Wildman–Crippen MR) is 72.8 cm³/mol. The van der Waals surface area contributed by atoms with Crippen molar-refractivity contribution in [1.82, 2.24) is 0 Å². The van der Waals surface area contributed by atoms with E-state index in [4.69, 9.17) is 20.5 Å². The Kier molecular flexibility index (Phi) is 3.81. The minimum Gasteiger partial charge on any atom is -0.496 e. The number of hydrogen-bond acceptors (Lipinski definition) is 6. The summed E-state index contributed by atoms with van der Waals surface area (Å²) in [6.45, 7) is -0.460. The molecule has 0 radical (unpaired) electrons. The molecule has 0 aromatic heterocycles. The van der Waals surface area contributed by atoms with Gasteiger partial charge in [0.2, 0.25) is 12.4 Å². The molecule has 0 saturated heterocycles. The van der Waals surface area contributed by atoms with Gasteiger partial charge in [-0.15, -0.1) is 0 Å². The zero-order chi connectivity index (χ0) is 14.9. The molecule has 1 aliphatic rings. The van der Waals surface area contributed by atoms with E-state index in [0.717, 1.165) is 0 Å². The summed E-state index contributed by atoms with van der Waals surface area (Å²) in [6, 6.07) is 5.16. The molecule has 1 unspecified atom stereocenters. The molecule has 7 nitrogen and oxygen atoms in total. The molecular weight excluding hydrogens is 330 g/mol. The molecule has 2 rings (SSSR count). The van der Waals surface area contributed by atoms with Crippen molar-refractivity contribution in [2.75, 3.05) is 13.7 Å². The molecule has 0 saturated carbocycles. The molecule has 104 valence electrons. The highest BCUT2D eigenvalue weighted by atomic mass is 79.9. The number of halogens is 1. The quantitative estimate of drug-likeness (QED) is 0.664. The Labute approximate surface area is 122 Å². The van der Waals surface area contributed by atoms with Crippen molar-refractivity contribution < 1.29 is 14.4 Å². The van der Waals surface area contributed by atoms with Crippen LogP contribution in [0.2, 0.25) is 0 Å². The molecule has 1 aromatic rings. The minimum atomic E-state index is -0.790. The molecule has 1 atom stereocenters. The van der Waals surface area contributed by atoms with Gasteiger partial charge in [-0.25, -0.2) is 0 Å². The lowest BCUT2D eigenvalue weighted by molar-refractivity contribution is -0.482. The summed E-state index contributed by atoms with van der Waals surface area (Å²) >= 11 is 3.29. The number of fused-ring (bicyclic) bond motifs is 1. The SMILES string of the molecule is COc1cc(Br)cc2c1C(C[N+](=O)[O-])C(C#N)=C(N)O2. The van der Waals surface area contributed by atoms with Gasteiger partial charge in [0.05, 0.1) is 18.6 Å². The lowest BCUT2D eigenvalue weighted by Crippen LogP contribution is -2.25. The summed E-state index contributed by atoms with van der Waals surface area (Å²) in [5.74, 6) is -0.158. The molecular formula is C12H10BrN3O4. The first-order valence-electron chi connectivity index (χ1n) is 5.54. The highest BCUT2D eigenvalue weighted by Crippen LogP contribution is 2.45. The van der Waals surface area contributed by atoms with E-state index < -0.39 is 17.4 Å². The second kappa shape index (κ2) is 5.38. The lowest BCUT2D eigenvalue weighted by Gasteiger charge is -2.25. The Balaban J connectivity index is 2.66. The molecule has 0 aliphatic carbocycles. The van der Waals surface area contributed by atoms with Crippen LogP contribution in [0.4, 0.5) is 0 Å². The van der Waals surface area contributed by atoms with E-state index in [2.05, 4.69) is 15.9 Å². The first-order chi connectivity index (χ1) is 9.47. The number of nitro groups is 1. The van der Waals surface area contributed by atoms with Crippen molar-refractivity contribution in [3.05, 3.63) is 43.7 Å². The fourth-order valence-electron chi connectivity index (χ4n) is 2.12. The van der Waals surface area contributed by atoms with Crippen LogP contribution in [0.5, 0.6) is 11.5 Å². The van der Waals surface area contributed by atoms with Crippen LogP contribution in [0, 0.1) is 21.4 Å². The molecule has 0 fully saturated rings. The Bertz CT molecular complexity index is 651. The average molecular weight is 340 g/mol. The molecule has 20 heavy (non-hydrogen) atoms. The van der Waals surface area contributed by atoms with E-state index in [0.29, 0.717) is 21.5 Å². The fraction of sp³-hybridized carbons (Fsp3) is 0.250. The minimum absolute atomic E-state index is 0.0369. The van der Waals surface area contributed by atoms with Crippen LogP contribution in [0.25, 0.3) is 0 Å². The summed E-state index contributed by atoms with van der Waals surface area (Å²) in [6.07, 6.45) is 0. The van der Waals surface area contributed by atoms with Gasteiger partial charge in [0, 0.05) is 9.40 Å². The Morgan fingerprint density at radius 2 is 2.35 bits per heavy atom. The Morgan fingerprint density at radius 1 is 1.65 bits per heavy atom. The van der Waals surface area contributed by atoms with Gasteiger partial charge in [0.25, 0.3) is 0 Å². The van der Waals surface area contributed by atoms with Crippen LogP contribution in [-0.2, 0) is 0 Å². The summed E-state index contributed by atoms with van der Waals surface area (Å²) in [5.41, 5.74) is 6.16. The monoisotopic (exact) mass is 339 g/mol. The molecule has 0 bridgehead atoms. The van der Waals surface area contributed by atoms with E-state index in [-0.39, 0.29) is 11.5 Å². The van der Waals surface area contributed by atoms with Crippen molar-refractivity contribution in [3.63, 3.8) is 0 Å². The maximum Gasteiger partial charge on any atom is 0.215 e. The number of rotatable bonds is 3. The number of ether oxygens (including phenoxy) is 2. The number of benzene rings is 1. The summed E-state index contributed by atoms with van der Waals surface area (Å²) in [5, 5.41) is 20.0. The second-order valence-corrected chi connectivity index (χ2v) is 5.00. The molecule has 8 heteroatoms. The predicted octanol–water partition coefficient (Wildman–Crippen LogP) is 1.90. The molecule has 1 heterocycles. The smallest absolute Gasteiger partial charge is 0.215 e. The molecule has 0 amide bonds. The molecule has 1 aromatic carbocycles. The van der Waals surface area contributed by atoms with Gasteiger partial charge in [0.1, 0.15) is 23.1 Å². The van der Waals surface area contributed by atoms with Gasteiger partial charge in [-0.1, -0.05) is 15.9 Å². The van der Waals surface area contributed by atoms with Gasteiger partial charge in [-0.05, 0) is 12.1 Å². The molecule has 2 N–H and O–H groups in total. The number of nitriles is 1. The van der Waals surface area contributed by atoms with Crippen LogP contribution in [0.1, 0.15) is 11.5 Å². The third-order valence-corrected chi connectivity index (χ3v) is 3.38. The topological polar surface area (TPSA) is 111 Å². The highest BCUT2D eigenvalue weighted by molar-refractivity contribution is 9.10. The van der Waals surface area contributed by atoms with Gasteiger partial charge in [-0.2, -0.15) is 5.26 Å². The summed E-state index contributed by atoms with van der Waals surface area (Å²) < 4.78 is 11.3. The molecule has 0 spiro atoms. The fourth-order valence-corrected chi connectivity index (χ4v) is 2.54. The zero-order valence-corrected chi connectivity index (χ0v) is 12.0. The van der Waals surface area contributed by atoms with E-state index in [1.54, 1.807) is 12.1 Å². The first kappa shape index (κ1) is 14.1. The molecule has 1 aliphatic heterocycles. The van der Waals surface area contributed by atoms with E-state index in [1.165, 1.54) is 7.11 Å². The number of hydrogen-bond donors (Lipinski definition) is 1. The van der Waals surface area contributed by atoms with Crippen molar-refractivity contribution in [3.8, 4) is 17.6 Å². The van der Waals surface area contributed by atoms with Crippen molar-refractivity contribution in [1.29, 1.82) is 5.26 Å². The van der Waals surface area contributed by atoms with Crippen LogP contribution in [-0.4, -0.2) is 18.6 Å². The van der Waals surface area contributed by atoms with Crippen LogP contribution in [0.15, 0.2) is 28.1 Å². The van der Waals surface area contributed by atoms with E-state index >= 15 is 0 Å². The van der Waals surface area contributed by atoms with Crippen molar-refractivity contribution >= 4 is 15.9 Å². The third kappa shape index (κ3) is 2.40. The largest absolute Gasteiger partial charge is 0.496 e. The van der Waals surface area contributed by atoms with Crippen molar-refractivity contribution in [2.24, 2.45) is 5.73 Å². The Hall–Kier alpha value is -2.27. The normalized spacial score (nSPS) is 16.9. The van der Waals surface area contributed by atoms with Gasteiger partial charge >= 0.3 is 0 Å². The number of nitrogens with zero attached hydrogens (tertiary/aromatic N) is 2. The lowest BCUT2D eigenvalue weighted by atomic mass is 9.88. The van der Waals surface area contributed by atoms with Gasteiger partial charge < -0.3 is 15.2 Å². The van der Waals surface area contributed by atoms with Crippen LogP contribution < -0.4 is 15.2 Å². The number of nitrogens with two attached hydrogens (primary N) is 1. The van der Waals surface area contributed by atoms with Gasteiger partial charge in [-0.3, -0.25) is 10.1 Å². The second-order valence-electron chi connectivity index (χ2n) is 4.08. The number of methoxy groups -OCH3 is 1. The van der Waals surface area contributed by atoms with E-state index in [9.17, 15) is 10.1 Å². The van der Waals surface area contributed by atoms with Crippen LogP contribution >= 0.6 is 15.9 Å². The first-order valence-corrected chi connectivity index (χ1v) is 6.34. The highest BCUT2D eigenvalue weighted by Gasteiger charge is 2.35. The summed E-state index contributed by atoms with van der Waals surface area (Å²) in [4.78, 5) is 10.4. The van der Waals surface area contributed by atoms with Crippen LogP contribution in [0.3, 0.4) is 0 Å². The maximum atomic E-state index is 10.9.